The van der Waals surface area contributed by atoms with Gasteiger partial charge in [-0.2, -0.15) is 0 Å². The molecule has 3 aromatic rings. The number of hydrogen-bond acceptors (Lipinski definition) is 8. The van der Waals surface area contributed by atoms with Crippen LogP contribution in [0.3, 0.4) is 0 Å². The molecule has 10 nitrogen and oxygen atoms in total. The van der Waals surface area contributed by atoms with Crippen LogP contribution in [0.25, 0.3) is 0 Å². The minimum absolute atomic E-state index is 0.0703. The summed E-state index contributed by atoms with van der Waals surface area (Å²) in [6.07, 6.45) is 7.71. The molecule has 2 aromatic heterocycles. The van der Waals surface area contributed by atoms with Crippen LogP contribution < -0.4 is 16.0 Å². The van der Waals surface area contributed by atoms with Gasteiger partial charge in [-0.25, -0.2) is 9.37 Å². The van der Waals surface area contributed by atoms with Crippen LogP contribution >= 0.6 is 23.2 Å². The van der Waals surface area contributed by atoms with E-state index < -0.39 is 22.7 Å². The number of aromatic nitrogens is 3. The number of methoxy groups -OCH3 is 1. The molecule has 2 aliphatic carbocycles. The Kier molecular flexibility index (Phi) is 8.34. The SMILES string of the molecule is COCc1nnc(C2CCC(NC(=O)c3cc4c(cc3Cl)NC(=O)[C@]43[C@@H](c4ccnc(Cl)c4F)CNC34CCC(C)(C)CC4)CC2)o1. The summed E-state index contributed by atoms with van der Waals surface area (Å²) >= 11 is 12.9. The molecule has 7 rings (SSSR count). The second-order valence-electron chi connectivity index (χ2n) is 14.3. The first-order chi connectivity index (χ1) is 22.5. The monoisotopic (exact) mass is 684 g/mol. The molecule has 2 saturated carbocycles. The highest BCUT2D eigenvalue weighted by Crippen LogP contribution is 2.62. The molecule has 3 N–H and O–H groups in total. The number of pyridine rings is 1. The Morgan fingerprint density at radius 3 is 2.60 bits per heavy atom. The molecule has 2 spiro atoms. The first-order valence-corrected chi connectivity index (χ1v) is 17.1. The predicted molar refractivity (Wildman–Crippen MR) is 174 cm³/mol. The summed E-state index contributed by atoms with van der Waals surface area (Å²) in [4.78, 5) is 32.3. The Bertz CT molecular complexity index is 1710. The zero-order valence-corrected chi connectivity index (χ0v) is 28.2. The van der Waals surface area contributed by atoms with Gasteiger partial charge in [0.05, 0.1) is 10.6 Å². The third-order valence-electron chi connectivity index (χ3n) is 11.2. The van der Waals surface area contributed by atoms with E-state index in [2.05, 4.69) is 45.0 Å². The first-order valence-electron chi connectivity index (χ1n) is 16.3. The number of hydrogen-bond donors (Lipinski definition) is 3. The lowest BCUT2D eigenvalue weighted by molar-refractivity contribution is -0.124. The van der Waals surface area contributed by atoms with Gasteiger partial charge in [0.25, 0.3) is 5.91 Å². The topological polar surface area (TPSA) is 131 Å². The Balaban J connectivity index is 1.21. The minimum Gasteiger partial charge on any atom is -0.422 e. The lowest BCUT2D eigenvalue weighted by Gasteiger charge is -2.50. The van der Waals surface area contributed by atoms with E-state index in [0.29, 0.717) is 48.0 Å². The fourth-order valence-electron chi connectivity index (χ4n) is 8.59. The Morgan fingerprint density at radius 2 is 1.87 bits per heavy atom. The van der Waals surface area contributed by atoms with Crippen molar-refractivity contribution in [3.63, 3.8) is 0 Å². The van der Waals surface area contributed by atoms with Crippen molar-refractivity contribution in [2.24, 2.45) is 5.41 Å². The fourth-order valence-corrected chi connectivity index (χ4v) is 9.01. The normalized spacial score (nSPS) is 27.6. The van der Waals surface area contributed by atoms with E-state index in [1.54, 1.807) is 25.3 Å². The summed E-state index contributed by atoms with van der Waals surface area (Å²) in [5.74, 6) is -0.598. The van der Waals surface area contributed by atoms with Crippen LogP contribution in [-0.2, 0) is 21.6 Å². The van der Waals surface area contributed by atoms with Crippen molar-refractivity contribution in [3.8, 4) is 0 Å². The van der Waals surface area contributed by atoms with Gasteiger partial charge in [-0.05, 0) is 86.1 Å². The predicted octanol–water partition coefficient (Wildman–Crippen LogP) is 6.43. The van der Waals surface area contributed by atoms with Gasteiger partial charge in [-0.15, -0.1) is 10.2 Å². The highest BCUT2D eigenvalue weighted by molar-refractivity contribution is 6.34. The van der Waals surface area contributed by atoms with Gasteiger partial charge < -0.3 is 25.1 Å². The van der Waals surface area contributed by atoms with Gasteiger partial charge in [0.15, 0.2) is 11.0 Å². The summed E-state index contributed by atoms with van der Waals surface area (Å²) in [6, 6.07) is 4.96. The van der Waals surface area contributed by atoms with E-state index in [-0.39, 0.29) is 51.5 Å². The zero-order valence-electron chi connectivity index (χ0n) is 26.7. The molecule has 0 bridgehead atoms. The van der Waals surface area contributed by atoms with E-state index in [1.165, 1.54) is 6.20 Å². The Morgan fingerprint density at radius 1 is 1.13 bits per heavy atom. The fraction of sp³-hybridized carbons (Fsp3) is 0.559. The number of ether oxygens (including phenoxy) is 1. The molecule has 2 amide bonds. The van der Waals surface area contributed by atoms with Gasteiger partial charge in [-0.3, -0.25) is 9.59 Å². The molecule has 0 unspecified atom stereocenters. The van der Waals surface area contributed by atoms with Crippen molar-refractivity contribution in [2.45, 2.75) is 101 Å². The number of nitrogens with one attached hydrogen (secondary N) is 3. The molecule has 4 aliphatic rings. The minimum atomic E-state index is -1.20. The van der Waals surface area contributed by atoms with Crippen molar-refractivity contribution in [2.75, 3.05) is 19.0 Å². The molecule has 2 atom stereocenters. The summed E-state index contributed by atoms with van der Waals surface area (Å²) < 4.78 is 26.5. The standard InChI is InChI=1S/C34H39Cl2FN6O4/c1-32(2)9-11-33(12-10-32)34(23(16-39-33)20-8-13-38-28(36)27(20)37)22-14-21(24(35)15-25(22)41-31(34)45)29(44)40-19-6-4-18(5-7-19)30-43-42-26(47-30)17-46-3/h8,13-15,18-19,23,39H,4-7,9-12,16-17H2,1-3H3,(H,40,44)(H,41,45)/t18?,19?,23-,34-/m1/s1. The van der Waals surface area contributed by atoms with Gasteiger partial charge in [0.1, 0.15) is 12.0 Å². The van der Waals surface area contributed by atoms with E-state index in [0.717, 1.165) is 38.5 Å². The van der Waals surface area contributed by atoms with Crippen LogP contribution in [0.1, 0.15) is 110 Å². The van der Waals surface area contributed by atoms with Crippen LogP contribution in [0.15, 0.2) is 28.8 Å². The molecular weight excluding hydrogens is 646 g/mol. The average molecular weight is 686 g/mol. The zero-order chi connectivity index (χ0) is 33.1. The van der Waals surface area contributed by atoms with E-state index in [9.17, 15) is 9.59 Å². The average Bonchev–Trinajstić information content (AvgIpc) is 3.72. The third kappa shape index (κ3) is 5.34. The van der Waals surface area contributed by atoms with E-state index in [4.69, 9.17) is 32.4 Å². The lowest BCUT2D eigenvalue weighted by Crippen LogP contribution is -2.61. The van der Waals surface area contributed by atoms with E-state index in [1.807, 2.05) is 0 Å². The van der Waals surface area contributed by atoms with Gasteiger partial charge in [-0.1, -0.05) is 37.0 Å². The third-order valence-corrected chi connectivity index (χ3v) is 11.8. The molecule has 47 heavy (non-hydrogen) atoms. The Labute approximate surface area is 282 Å². The summed E-state index contributed by atoms with van der Waals surface area (Å²) in [5.41, 5.74) is 0.0602. The summed E-state index contributed by atoms with van der Waals surface area (Å²) in [6.45, 7) is 5.11. The second-order valence-corrected chi connectivity index (χ2v) is 15.1. The molecule has 1 aromatic carbocycles. The second kappa shape index (κ2) is 12.1. The largest absolute Gasteiger partial charge is 0.422 e. The van der Waals surface area contributed by atoms with Crippen LogP contribution in [0.4, 0.5) is 10.1 Å². The maximum absolute atomic E-state index is 15.7. The molecule has 13 heteroatoms. The van der Waals surface area contributed by atoms with Crippen molar-refractivity contribution >= 4 is 40.7 Å². The molecular formula is C34H39Cl2FN6O4. The quantitative estimate of drug-likeness (QED) is 0.253. The maximum atomic E-state index is 15.7. The lowest BCUT2D eigenvalue weighted by atomic mass is 9.54. The van der Waals surface area contributed by atoms with Crippen LogP contribution in [0.5, 0.6) is 0 Å². The van der Waals surface area contributed by atoms with Crippen molar-refractivity contribution in [1.29, 1.82) is 0 Å². The number of carbonyl (C=O) groups excluding carboxylic acids is 2. The maximum Gasteiger partial charge on any atom is 0.253 e. The molecule has 0 radical (unpaired) electrons. The van der Waals surface area contributed by atoms with E-state index >= 15 is 4.39 Å². The highest BCUT2D eigenvalue weighted by atomic mass is 35.5. The number of rotatable bonds is 6. The van der Waals surface area contributed by atoms with Gasteiger partial charge in [0.2, 0.25) is 17.7 Å². The van der Waals surface area contributed by atoms with Crippen molar-refractivity contribution < 1.29 is 23.1 Å². The van der Waals surface area contributed by atoms with Crippen LogP contribution in [-0.4, -0.2) is 52.2 Å². The summed E-state index contributed by atoms with van der Waals surface area (Å²) in [5, 5.41) is 18.2. The molecule has 2 aliphatic heterocycles. The number of benzene rings is 1. The highest BCUT2D eigenvalue weighted by Gasteiger charge is 2.69. The molecule has 3 fully saturated rings. The van der Waals surface area contributed by atoms with Crippen molar-refractivity contribution in [3.05, 3.63) is 68.9 Å². The number of halogens is 3. The van der Waals surface area contributed by atoms with Crippen LogP contribution in [0.2, 0.25) is 10.2 Å². The van der Waals surface area contributed by atoms with Gasteiger partial charge >= 0.3 is 0 Å². The number of amides is 2. The first kappa shape index (κ1) is 32.4. The Hall–Kier alpha value is -3.12. The smallest absolute Gasteiger partial charge is 0.253 e. The summed E-state index contributed by atoms with van der Waals surface area (Å²) in [7, 11) is 1.58. The number of fused-ring (bicyclic) bond motifs is 3. The molecule has 1 saturated heterocycles. The van der Waals surface area contributed by atoms with Gasteiger partial charge in [0, 0.05) is 49.0 Å². The van der Waals surface area contributed by atoms with Crippen molar-refractivity contribution in [1.82, 2.24) is 25.8 Å². The van der Waals surface area contributed by atoms with Crippen LogP contribution in [0, 0.1) is 11.2 Å². The number of anilines is 1. The molecule has 4 heterocycles. The molecule has 250 valence electrons. The number of carbonyl (C=O) groups is 2. The number of nitrogens with zero attached hydrogens (tertiary/aromatic N) is 3.